The van der Waals surface area contributed by atoms with Crippen LogP contribution >= 0.6 is 11.6 Å². The first-order valence-corrected chi connectivity index (χ1v) is 7.46. The SMILES string of the molecule is Cc1cc(CN(C)S(=O)(=O)c2ccc(F)cc2Cl)no1. The molecular formula is C12H12ClFN2O3S. The topological polar surface area (TPSA) is 63.4 Å². The fourth-order valence-electron chi connectivity index (χ4n) is 1.66. The molecule has 1 aromatic carbocycles. The van der Waals surface area contributed by atoms with Crippen molar-refractivity contribution in [2.45, 2.75) is 18.4 Å². The summed E-state index contributed by atoms with van der Waals surface area (Å²) in [5.41, 5.74) is 0.479. The lowest BCUT2D eigenvalue weighted by Crippen LogP contribution is -2.27. The monoisotopic (exact) mass is 318 g/mol. The maximum Gasteiger partial charge on any atom is 0.244 e. The van der Waals surface area contributed by atoms with Crippen LogP contribution in [0.2, 0.25) is 5.02 Å². The van der Waals surface area contributed by atoms with Crippen LogP contribution in [-0.4, -0.2) is 24.9 Å². The number of aryl methyl sites for hydroxylation is 1. The van der Waals surface area contributed by atoms with E-state index in [2.05, 4.69) is 5.16 Å². The van der Waals surface area contributed by atoms with Crippen molar-refractivity contribution in [3.8, 4) is 0 Å². The van der Waals surface area contributed by atoms with E-state index in [1.807, 2.05) is 0 Å². The first kappa shape index (κ1) is 15.0. The minimum Gasteiger partial charge on any atom is -0.361 e. The van der Waals surface area contributed by atoms with Crippen molar-refractivity contribution in [1.29, 1.82) is 0 Å². The number of halogens is 2. The third-order valence-electron chi connectivity index (χ3n) is 2.64. The molecule has 108 valence electrons. The Balaban J connectivity index is 2.29. The van der Waals surface area contributed by atoms with Gasteiger partial charge in [0, 0.05) is 13.1 Å². The summed E-state index contributed by atoms with van der Waals surface area (Å²) in [7, 11) is -2.43. The van der Waals surface area contributed by atoms with Crippen LogP contribution < -0.4 is 0 Å². The number of benzene rings is 1. The highest BCUT2D eigenvalue weighted by Crippen LogP contribution is 2.25. The number of nitrogens with zero attached hydrogens (tertiary/aromatic N) is 2. The molecule has 0 saturated carbocycles. The van der Waals surface area contributed by atoms with Gasteiger partial charge in [-0.15, -0.1) is 0 Å². The van der Waals surface area contributed by atoms with Crippen LogP contribution in [0, 0.1) is 12.7 Å². The molecule has 0 amide bonds. The maximum absolute atomic E-state index is 13.0. The van der Waals surface area contributed by atoms with Gasteiger partial charge in [-0.25, -0.2) is 12.8 Å². The molecule has 0 unspecified atom stereocenters. The van der Waals surface area contributed by atoms with E-state index in [0.29, 0.717) is 11.5 Å². The Hall–Kier alpha value is -1.44. The molecular weight excluding hydrogens is 307 g/mol. The van der Waals surface area contributed by atoms with E-state index in [-0.39, 0.29) is 16.5 Å². The lowest BCUT2D eigenvalue weighted by Gasteiger charge is -2.16. The first-order chi connectivity index (χ1) is 9.30. The van der Waals surface area contributed by atoms with Crippen molar-refractivity contribution >= 4 is 21.6 Å². The Bertz CT molecular complexity index is 730. The summed E-state index contributed by atoms with van der Waals surface area (Å²) >= 11 is 5.79. The normalized spacial score (nSPS) is 12.1. The molecule has 0 aliphatic heterocycles. The van der Waals surface area contributed by atoms with Gasteiger partial charge in [0.2, 0.25) is 10.0 Å². The minimum absolute atomic E-state index is 0.0351. The van der Waals surface area contributed by atoms with Gasteiger partial charge in [-0.3, -0.25) is 0 Å². The molecule has 1 heterocycles. The molecule has 1 aromatic heterocycles. The Kier molecular flexibility index (Phi) is 4.12. The van der Waals surface area contributed by atoms with E-state index in [0.717, 1.165) is 22.5 Å². The summed E-state index contributed by atoms with van der Waals surface area (Å²) < 4.78 is 43.6. The van der Waals surface area contributed by atoms with Crippen LogP contribution in [0.3, 0.4) is 0 Å². The molecule has 0 radical (unpaired) electrons. The second-order valence-corrected chi connectivity index (χ2v) is 6.69. The standard InChI is InChI=1S/C12H12ClFN2O3S/c1-8-5-10(15-19-8)7-16(2)20(17,18)12-4-3-9(14)6-11(12)13/h3-6H,7H2,1-2H3. The molecule has 0 saturated heterocycles. The van der Waals surface area contributed by atoms with E-state index in [9.17, 15) is 12.8 Å². The maximum atomic E-state index is 13.0. The average molecular weight is 319 g/mol. The van der Waals surface area contributed by atoms with Crippen molar-refractivity contribution in [2.24, 2.45) is 0 Å². The predicted molar refractivity (Wildman–Crippen MR) is 71.3 cm³/mol. The smallest absolute Gasteiger partial charge is 0.244 e. The predicted octanol–water partition coefficient (Wildman–Crippen LogP) is 2.60. The van der Waals surface area contributed by atoms with Gasteiger partial charge in [-0.05, 0) is 25.1 Å². The van der Waals surface area contributed by atoms with Gasteiger partial charge in [0.15, 0.2) is 0 Å². The Labute approximate surface area is 121 Å². The average Bonchev–Trinajstić information content (AvgIpc) is 2.74. The highest BCUT2D eigenvalue weighted by molar-refractivity contribution is 7.89. The molecule has 8 heteroatoms. The number of hydrogen-bond acceptors (Lipinski definition) is 4. The second-order valence-electron chi connectivity index (χ2n) is 4.26. The largest absolute Gasteiger partial charge is 0.361 e. The molecule has 0 N–H and O–H groups in total. The van der Waals surface area contributed by atoms with Gasteiger partial charge in [0.1, 0.15) is 16.5 Å². The van der Waals surface area contributed by atoms with E-state index in [4.69, 9.17) is 16.1 Å². The molecule has 0 spiro atoms. The van der Waals surface area contributed by atoms with Crippen LogP contribution in [0.15, 0.2) is 33.7 Å². The molecule has 2 aromatic rings. The third-order valence-corrected chi connectivity index (χ3v) is 4.93. The Morgan fingerprint density at radius 1 is 1.40 bits per heavy atom. The molecule has 0 fully saturated rings. The zero-order valence-electron chi connectivity index (χ0n) is 10.8. The molecule has 0 bridgehead atoms. The van der Waals surface area contributed by atoms with Crippen molar-refractivity contribution in [3.63, 3.8) is 0 Å². The highest BCUT2D eigenvalue weighted by Gasteiger charge is 2.24. The van der Waals surface area contributed by atoms with Crippen LogP contribution in [0.1, 0.15) is 11.5 Å². The van der Waals surface area contributed by atoms with Gasteiger partial charge in [-0.1, -0.05) is 16.8 Å². The van der Waals surface area contributed by atoms with E-state index in [1.54, 1.807) is 13.0 Å². The van der Waals surface area contributed by atoms with Crippen LogP contribution in [0.25, 0.3) is 0 Å². The molecule has 0 aliphatic carbocycles. The Morgan fingerprint density at radius 3 is 2.65 bits per heavy atom. The van der Waals surface area contributed by atoms with Crippen molar-refractivity contribution in [1.82, 2.24) is 9.46 Å². The van der Waals surface area contributed by atoms with E-state index in [1.165, 1.54) is 7.05 Å². The van der Waals surface area contributed by atoms with E-state index >= 15 is 0 Å². The lowest BCUT2D eigenvalue weighted by molar-refractivity contribution is 0.378. The van der Waals surface area contributed by atoms with Crippen molar-refractivity contribution in [2.75, 3.05) is 7.05 Å². The number of rotatable bonds is 4. The second kappa shape index (κ2) is 5.51. The van der Waals surface area contributed by atoms with Crippen molar-refractivity contribution in [3.05, 3.63) is 46.6 Å². The third kappa shape index (κ3) is 3.00. The van der Waals surface area contributed by atoms with Gasteiger partial charge < -0.3 is 4.52 Å². The summed E-state index contributed by atoms with van der Waals surface area (Å²) in [5.74, 6) is -0.00524. The Morgan fingerprint density at radius 2 is 2.10 bits per heavy atom. The minimum atomic E-state index is -3.82. The number of aromatic nitrogens is 1. The molecule has 20 heavy (non-hydrogen) atoms. The fourth-order valence-corrected chi connectivity index (χ4v) is 3.30. The molecule has 5 nitrogen and oxygen atoms in total. The zero-order chi connectivity index (χ0) is 14.9. The summed E-state index contributed by atoms with van der Waals surface area (Å²) in [6, 6.07) is 4.78. The summed E-state index contributed by atoms with van der Waals surface area (Å²) in [4.78, 5) is -0.150. The van der Waals surface area contributed by atoms with Crippen LogP contribution in [0.4, 0.5) is 4.39 Å². The van der Waals surface area contributed by atoms with Crippen molar-refractivity contribution < 1.29 is 17.3 Å². The zero-order valence-corrected chi connectivity index (χ0v) is 12.4. The molecule has 2 rings (SSSR count). The molecule has 0 aliphatic rings. The van der Waals surface area contributed by atoms with Gasteiger partial charge >= 0.3 is 0 Å². The summed E-state index contributed by atoms with van der Waals surface area (Å²) in [6.45, 7) is 1.75. The summed E-state index contributed by atoms with van der Waals surface area (Å²) in [6.07, 6.45) is 0. The van der Waals surface area contributed by atoms with Crippen LogP contribution in [-0.2, 0) is 16.6 Å². The van der Waals surface area contributed by atoms with Gasteiger partial charge in [-0.2, -0.15) is 4.31 Å². The first-order valence-electron chi connectivity index (χ1n) is 5.64. The van der Waals surface area contributed by atoms with Gasteiger partial charge in [0.05, 0.1) is 17.3 Å². The van der Waals surface area contributed by atoms with Gasteiger partial charge in [0.25, 0.3) is 0 Å². The lowest BCUT2D eigenvalue weighted by atomic mass is 10.3. The fraction of sp³-hybridized carbons (Fsp3) is 0.250. The highest BCUT2D eigenvalue weighted by atomic mass is 35.5. The number of hydrogen-bond donors (Lipinski definition) is 0. The molecule has 0 atom stereocenters. The van der Waals surface area contributed by atoms with E-state index < -0.39 is 15.8 Å². The quantitative estimate of drug-likeness (QED) is 0.869. The summed E-state index contributed by atoms with van der Waals surface area (Å²) in [5, 5.41) is 3.57. The van der Waals surface area contributed by atoms with Crippen LogP contribution in [0.5, 0.6) is 0 Å². The number of sulfonamides is 1.